The molecular formula is C16H12F6N2O3S. The average molecular weight is 426 g/mol. The van der Waals surface area contributed by atoms with E-state index in [0.717, 1.165) is 36.4 Å². The first-order valence-corrected chi connectivity index (χ1v) is 8.92. The van der Waals surface area contributed by atoms with Gasteiger partial charge in [-0.25, -0.2) is 8.42 Å². The maximum absolute atomic E-state index is 13.0. The van der Waals surface area contributed by atoms with Crippen LogP contribution in [0.5, 0.6) is 0 Å². The van der Waals surface area contributed by atoms with Gasteiger partial charge in [-0.05, 0) is 36.4 Å². The lowest BCUT2D eigenvalue weighted by molar-refractivity contribution is -0.136. The zero-order valence-corrected chi connectivity index (χ0v) is 14.5. The molecule has 0 unspecified atom stereocenters. The quantitative estimate of drug-likeness (QED) is 0.715. The van der Waals surface area contributed by atoms with Gasteiger partial charge in [0.1, 0.15) is 6.54 Å². The fourth-order valence-electron chi connectivity index (χ4n) is 2.09. The van der Waals surface area contributed by atoms with Gasteiger partial charge >= 0.3 is 12.4 Å². The number of amides is 1. The number of alkyl halides is 6. The first-order chi connectivity index (χ1) is 12.8. The molecule has 152 valence electrons. The normalized spacial score (nSPS) is 12.5. The van der Waals surface area contributed by atoms with Crippen LogP contribution >= 0.6 is 0 Å². The van der Waals surface area contributed by atoms with Crippen LogP contribution in [0.25, 0.3) is 0 Å². The van der Waals surface area contributed by atoms with Crippen molar-refractivity contribution in [2.24, 2.45) is 0 Å². The molecule has 0 saturated carbocycles. The molecule has 2 aromatic rings. The van der Waals surface area contributed by atoms with E-state index in [0.29, 0.717) is 6.07 Å². The Morgan fingerprint density at radius 1 is 0.893 bits per heavy atom. The first-order valence-electron chi connectivity index (χ1n) is 7.44. The van der Waals surface area contributed by atoms with Crippen molar-refractivity contribution in [3.63, 3.8) is 0 Å². The molecule has 0 saturated heterocycles. The lowest BCUT2D eigenvalue weighted by Crippen LogP contribution is -2.33. The van der Waals surface area contributed by atoms with Crippen LogP contribution < -0.4 is 10.0 Å². The van der Waals surface area contributed by atoms with Crippen LogP contribution in [0, 0.1) is 0 Å². The molecule has 5 nitrogen and oxygen atoms in total. The Hall–Kier alpha value is -2.76. The number of nitrogens with one attached hydrogen (secondary N) is 2. The summed E-state index contributed by atoms with van der Waals surface area (Å²) in [7, 11) is -4.44. The first kappa shape index (κ1) is 21.5. The van der Waals surface area contributed by atoms with Gasteiger partial charge in [0.05, 0.1) is 16.1 Å². The molecule has 2 aromatic carbocycles. The van der Waals surface area contributed by atoms with Crippen molar-refractivity contribution in [2.45, 2.75) is 17.2 Å². The Kier molecular flexibility index (Phi) is 5.92. The molecule has 0 atom stereocenters. The van der Waals surface area contributed by atoms with E-state index in [1.807, 2.05) is 0 Å². The van der Waals surface area contributed by atoms with Gasteiger partial charge < -0.3 is 5.32 Å². The Bertz CT molecular complexity index is 954. The van der Waals surface area contributed by atoms with Crippen molar-refractivity contribution in [3.8, 4) is 0 Å². The van der Waals surface area contributed by atoms with Crippen LogP contribution in [-0.2, 0) is 16.2 Å². The standard InChI is InChI=1S/C16H12F6N2O3S/c17-15(18,19)9-23-14(25)10-5-7-11(8-6-10)28(26,27)24-13-4-2-1-3-12(13)16(20,21)22/h1-8,24H,9H2,(H,23,25). The number of anilines is 1. The van der Waals surface area contributed by atoms with Gasteiger partial charge in [0, 0.05) is 5.56 Å². The third kappa shape index (κ3) is 5.62. The molecule has 2 rings (SSSR count). The molecule has 0 fully saturated rings. The third-order valence-corrected chi connectivity index (χ3v) is 4.73. The minimum atomic E-state index is -4.79. The predicted molar refractivity (Wildman–Crippen MR) is 87.1 cm³/mol. The minimum Gasteiger partial charge on any atom is -0.343 e. The fourth-order valence-corrected chi connectivity index (χ4v) is 3.17. The second-order valence-corrected chi connectivity index (χ2v) is 7.15. The van der Waals surface area contributed by atoms with Crippen molar-refractivity contribution in [1.82, 2.24) is 5.32 Å². The summed E-state index contributed by atoms with van der Waals surface area (Å²) in [5.74, 6) is -1.09. The van der Waals surface area contributed by atoms with E-state index < -0.39 is 51.0 Å². The second kappa shape index (κ2) is 7.70. The molecular weight excluding hydrogens is 414 g/mol. The van der Waals surface area contributed by atoms with E-state index in [-0.39, 0.29) is 5.56 Å². The van der Waals surface area contributed by atoms with Crippen molar-refractivity contribution >= 4 is 21.6 Å². The van der Waals surface area contributed by atoms with Crippen LogP contribution in [0.4, 0.5) is 32.0 Å². The summed E-state index contributed by atoms with van der Waals surface area (Å²) in [6, 6.07) is 7.59. The molecule has 1 amide bonds. The number of para-hydroxylation sites is 1. The topological polar surface area (TPSA) is 75.3 Å². The van der Waals surface area contributed by atoms with Crippen LogP contribution in [0.15, 0.2) is 53.4 Å². The Morgan fingerprint density at radius 2 is 1.46 bits per heavy atom. The van der Waals surface area contributed by atoms with E-state index in [4.69, 9.17) is 0 Å². The van der Waals surface area contributed by atoms with Gasteiger partial charge in [-0.1, -0.05) is 12.1 Å². The Balaban J connectivity index is 2.21. The zero-order chi connectivity index (χ0) is 21.2. The highest BCUT2D eigenvalue weighted by atomic mass is 32.2. The summed E-state index contributed by atoms with van der Waals surface area (Å²) in [5, 5.41) is 1.61. The zero-order valence-electron chi connectivity index (χ0n) is 13.7. The lowest BCUT2D eigenvalue weighted by Gasteiger charge is -2.14. The number of hydrogen-bond acceptors (Lipinski definition) is 3. The fraction of sp³-hybridized carbons (Fsp3) is 0.188. The summed E-state index contributed by atoms with van der Waals surface area (Å²) in [6.45, 7) is -1.57. The van der Waals surface area contributed by atoms with Crippen LogP contribution in [-0.4, -0.2) is 27.0 Å². The summed E-state index contributed by atoms with van der Waals surface area (Å²) in [4.78, 5) is 11.1. The second-order valence-electron chi connectivity index (χ2n) is 5.47. The summed E-state index contributed by atoms with van der Waals surface area (Å²) in [5.41, 5.74) is -2.14. The number of benzene rings is 2. The lowest BCUT2D eigenvalue weighted by atomic mass is 10.2. The average Bonchev–Trinajstić information content (AvgIpc) is 2.58. The number of carbonyl (C=O) groups is 1. The maximum Gasteiger partial charge on any atom is 0.418 e. The van der Waals surface area contributed by atoms with Gasteiger partial charge in [-0.15, -0.1) is 0 Å². The highest BCUT2D eigenvalue weighted by molar-refractivity contribution is 7.92. The van der Waals surface area contributed by atoms with Crippen molar-refractivity contribution in [1.29, 1.82) is 0 Å². The minimum absolute atomic E-state index is 0.251. The summed E-state index contributed by atoms with van der Waals surface area (Å²) in [6.07, 6.45) is -9.41. The predicted octanol–water partition coefficient (Wildman–Crippen LogP) is 3.80. The van der Waals surface area contributed by atoms with Gasteiger partial charge in [0.2, 0.25) is 0 Å². The highest BCUT2D eigenvalue weighted by Crippen LogP contribution is 2.35. The largest absolute Gasteiger partial charge is 0.418 e. The molecule has 0 heterocycles. The summed E-state index contributed by atoms with van der Waals surface area (Å²) >= 11 is 0. The monoisotopic (exact) mass is 426 g/mol. The van der Waals surface area contributed by atoms with Crippen molar-refractivity contribution in [2.75, 3.05) is 11.3 Å². The van der Waals surface area contributed by atoms with Gasteiger partial charge in [-0.2, -0.15) is 26.3 Å². The molecule has 0 spiro atoms. The Labute approximate surface area is 155 Å². The molecule has 2 N–H and O–H groups in total. The van der Waals surface area contributed by atoms with Gasteiger partial charge in [-0.3, -0.25) is 9.52 Å². The van der Waals surface area contributed by atoms with E-state index in [1.165, 1.54) is 6.07 Å². The molecule has 0 aliphatic heterocycles. The highest BCUT2D eigenvalue weighted by Gasteiger charge is 2.34. The summed E-state index contributed by atoms with van der Waals surface area (Å²) < 4.78 is 102. The Morgan fingerprint density at radius 3 is 2.00 bits per heavy atom. The van der Waals surface area contributed by atoms with E-state index in [2.05, 4.69) is 0 Å². The molecule has 0 bridgehead atoms. The van der Waals surface area contributed by atoms with Crippen LogP contribution in [0.3, 0.4) is 0 Å². The number of carbonyl (C=O) groups excluding carboxylic acids is 1. The molecule has 0 radical (unpaired) electrons. The molecule has 0 aromatic heterocycles. The molecule has 12 heteroatoms. The number of hydrogen-bond donors (Lipinski definition) is 2. The molecule has 0 aliphatic rings. The van der Waals surface area contributed by atoms with E-state index in [9.17, 15) is 39.6 Å². The van der Waals surface area contributed by atoms with Crippen LogP contribution in [0.1, 0.15) is 15.9 Å². The number of halogens is 6. The van der Waals surface area contributed by atoms with E-state index in [1.54, 1.807) is 10.0 Å². The van der Waals surface area contributed by atoms with Gasteiger partial charge in [0.15, 0.2) is 0 Å². The van der Waals surface area contributed by atoms with Gasteiger partial charge in [0.25, 0.3) is 15.9 Å². The van der Waals surface area contributed by atoms with Crippen LogP contribution in [0.2, 0.25) is 0 Å². The smallest absolute Gasteiger partial charge is 0.343 e. The number of rotatable bonds is 5. The SMILES string of the molecule is O=C(NCC(F)(F)F)c1ccc(S(=O)(=O)Nc2ccccc2C(F)(F)F)cc1. The maximum atomic E-state index is 13.0. The number of sulfonamides is 1. The molecule has 28 heavy (non-hydrogen) atoms. The van der Waals surface area contributed by atoms with Crippen molar-refractivity contribution < 1.29 is 39.6 Å². The van der Waals surface area contributed by atoms with E-state index >= 15 is 0 Å². The third-order valence-electron chi connectivity index (χ3n) is 3.35. The molecule has 0 aliphatic carbocycles. The van der Waals surface area contributed by atoms with Crippen molar-refractivity contribution in [3.05, 3.63) is 59.7 Å².